The Morgan fingerprint density at radius 1 is 1.42 bits per heavy atom. The highest BCUT2D eigenvalue weighted by Crippen LogP contribution is 2.19. The Morgan fingerprint density at radius 2 is 2.16 bits per heavy atom. The number of anilines is 2. The van der Waals surface area contributed by atoms with Crippen LogP contribution < -0.4 is 10.6 Å². The predicted molar refractivity (Wildman–Crippen MR) is 74.7 cm³/mol. The average molecular weight is 280 g/mol. The van der Waals surface area contributed by atoms with Gasteiger partial charge in [-0.3, -0.25) is 9.48 Å². The quantitative estimate of drug-likeness (QED) is 0.902. The van der Waals surface area contributed by atoms with E-state index in [0.717, 1.165) is 5.69 Å². The van der Waals surface area contributed by atoms with Crippen molar-refractivity contribution in [2.45, 2.75) is 6.92 Å². The summed E-state index contributed by atoms with van der Waals surface area (Å²) < 4.78 is 1.60. The van der Waals surface area contributed by atoms with Crippen LogP contribution in [0.15, 0.2) is 18.3 Å². The molecule has 0 unspecified atom stereocenters. The van der Waals surface area contributed by atoms with E-state index in [9.17, 15) is 4.79 Å². The molecule has 0 aliphatic heterocycles. The van der Waals surface area contributed by atoms with E-state index in [4.69, 9.17) is 11.6 Å². The molecule has 0 saturated heterocycles. The maximum atomic E-state index is 12.2. The molecule has 2 N–H and O–H groups in total. The zero-order chi connectivity index (χ0) is 14.0. The van der Waals surface area contributed by atoms with Gasteiger partial charge < -0.3 is 10.6 Å². The fourth-order valence-electron chi connectivity index (χ4n) is 1.66. The largest absolute Gasteiger partial charge is 0.373 e. The van der Waals surface area contributed by atoms with Crippen LogP contribution in [0.25, 0.3) is 0 Å². The summed E-state index contributed by atoms with van der Waals surface area (Å²) in [5.74, 6) is 0.893. The number of aryl methyl sites for hydroxylation is 2. The van der Waals surface area contributed by atoms with Gasteiger partial charge in [-0.15, -0.1) is 0 Å². The molecule has 2 aromatic heterocycles. The Hall–Kier alpha value is -2.08. The number of rotatable bonds is 3. The molecule has 2 rings (SSSR count). The third-order valence-corrected chi connectivity index (χ3v) is 2.90. The number of carbonyl (C=O) groups excluding carboxylic acids is 1. The second-order valence-electron chi connectivity index (χ2n) is 4.05. The van der Waals surface area contributed by atoms with Crippen LogP contribution in [0.4, 0.5) is 11.6 Å². The first kappa shape index (κ1) is 13.4. The van der Waals surface area contributed by atoms with Crippen molar-refractivity contribution in [1.29, 1.82) is 0 Å². The van der Waals surface area contributed by atoms with Crippen molar-refractivity contribution >= 4 is 29.1 Å². The minimum atomic E-state index is -0.299. The molecule has 0 radical (unpaired) electrons. The first-order chi connectivity index (χ1) is 9.01. The standard InChI is InChI=1S/C12H14ClN5O/c1-7-4-11(18(3)17-7)16-12(19)8-5-10(14-2)15-6-9(8)13/h4-6H,1-3H3,(H,14,15)(H,16,19). The summed E-state index contributed by atoms with van der Waals surface area (Å²) in [6.45, 7) is 1.86. The van der Waals surface area contributed by atoms with Gasteiger partial charge in [0.05, 0.1) is 16.3 Å². The molecule has 2 heterocycles. The zero-order valence-electron chi connectivity index (χ0n) is 10.9. The van der Waals surface area contributed by atoms with Gasteiger partial charge in [0.25, 0.3) is 5.91 Å². The van der Waals surface area contributed by atoms with E-state index < -0.39 is 0 Å². The van der Waals surface area contributed by atoms with Gasteiger partial charge in [-0.05, 0) is 13.0 Å². The fourth-order valence-corrected chi connectivity index (χ4v) is 1.85. The molecule has 0 spiro atoms. The Labute approximate surface area is 115 Å². The van der Waals surface area contributed by atoms with Crippen LogP contribution in [0, 0.1) is 6.92 Å². The van der Waals surface area contributed by atoms with Gasteiger partial charge in [-0.2, -0.15) is 5.10 Å². The predicted octanol–water partition coefficient (Wildman–Crippen LogP) is 2.07. The van der Waals surface area contributed by atoms with Crippen LogP contribution in [-0.2, 0) is 7.05 Å². The molecule has 6 nitrogen and oxygen atoms in total. The second kappa shape index (κ2) is 5.27. The van der Waals surface area contributed by atoms with E-state index in [1.54, 1.807) is 30.9 Å². The van der Waals surface area contributed by atoms with Crippen LogP contribution in [0.5, 0.6) is 0 Å². The smallest absolute Gasteiger partial charge is 0.258 e. The van der Waals surface area contributed by atoms with E-state index in [-0.39, 0.29) is 5.91 Å². The highest BCUT2D eigenvalue weighted by molar-refractivity contribution is 6.34. The Morgan fingerprint density at radius 3 is 2.74 bits per heavy atom. The van der Waals surface area contributed by atoms with Crippen molar-refractivity contribution < 1.29 is 4.79 Å². The van der Waals surface area contributed by atoms with Crippen molar-refractivity contribution in [3.63, 3.8) is 0 Å². The summed E-state index contributed by atoms with van der Waals surface area (Å²) in [6, 6.07) is 3.38. The van der Waals surface area contributed by atoms with Crippen molar-refractivity contribution in [3.05, 3.63) is 34.6 Å². The maximum Gasteiger partial charge on any atom is 0.258 e. The molecule has 7 heteroatoms. The van der Waals surface area contributed by atoms with E-state index >= 15 is 0 Å². The summed E-state index contributed by atoms with van der Waals surface area (Å²) >= 11 is 5.99. The number of pyridine rings is 1. The van der Waals surface area contributed by atoms with E-state index in [1.165, 1.54) is 6.20 Å². The number of hydrogen-bond acceptors (Lipinski definition) is 4. The van der Waals surface area contributed by atoms with Crippen molar-refractivity contribution in [2.24, 2.45) is 7.05 Å². The molecule has 0 aliphatic carbocycles. The van der Waals surface area contributed by atoms with Crippen LogP contribution >= 0.6 is 11.6 Å². The summed E-state index contributed by atoms with van der Waals surface area (Å²) in [5, 5.41) is 10.1. The SMILES string of the molecule is CNc1cc(C(=O)Nc2cc(C)nn2C)c(Cl)cn1. The lowest BCUT2D eigenvalue weighted by Crippen LogP contribution is -2.15. The summed E-state index contributed by atoms with van der Waals surface area (Å²) in [5.41, 5.74) is 1.19. The van der Waals surface area contributed by atoms with Gasteiger partial charge in [0.2, 0.25) is 0 Å². The summed E-state index contributed by atoms with van der Waals surface area (Å²) in [6.07, 6.45) is 1.44. The number of aromatic nitrogens is 3. The van der Waals surface area contributed by atoms with Gasteiger partial charge in [0, 0.05) is 26.4 Å². The van der Waals surface area contributed by atoms with Crippen molar-refractivity contribution in [1.82, 2.24) is 14.8 Å². The molecule has 19 heavy (non-hydrogen) atoms. The van der Waals surface area contributed by atoms with Gasteiger partial charge in [0.1, 0.15) is 11.6 Å². The number of halogens is 1. The summed E-state index contributed by atoms with van der Waals surface area (Å²) in [4.78, 5) is 16.2. The molecule has 0 aliphatic rings. The normalized spacial score (nSPS) is 10.3. The number of nitrogens with zero attached hydrogens (tertiary/aromatic N) is 3. The molecule has 100 valence electrons. The Kier molecular flexibility index (Phi) is 3.71. The van der Waals surface area contributed by atoms with Crippen LogP contribution in [0.2, 0.25) is 5.02 Å². The topological polar surface area (TPSA) is 71.8 Å². The number of amides is 1. The lowest BCUT2D eigenvalue weighted by molar-refractivity contribution is 0.102. The van der Waals surface area contributed by atoms with Gasteiger partial charge in [0.15, 0.2) is 0 Å². The van der Waals surface area contributed by atoms with Gasteiger partial charge in [-0.1, -0.05) is 11.6 Å². The molecule has 0 atom stereocenters. The van der Waals surface area contributed by atoms with E-state index in [0.29, 0.717) is 22.2 Å². The highest BCUT2D eigenvalue weighted by Gasteiger charge is 2.14. The molecule has 0 bridgehead atoms. The molecule has 1 amide bonds. The Balaban J connectivity index is 2.27. The molecular weight excluding hydrogens is 266 g/mol. The third kappa shape index (κ3) is 2.85. The monoisotopic (exact) mass is 279 g/mol. The number of hydrogen-bond donors (Lipinski definition) is 2. The van der Waals surface area contributed by atoms with Crippen LogP contribution in [-0.4, -0.2) is 27.7 Å². The maximum absolute atomic E-state index is 12.2. The van der Waals surface area contributed by atoms with E-state index in [1.807, 2.05) is 6.92 Å². The molecule has 2 aromatic rings. The number of nitrogens with one attached hydrogen (secondary N) is 2. The second-order valence-corrected chi connectivity index (χ2v) is 4.46. The van der Waals surface area contributed by atoms with E-state index in [2.05, 4.69) is 20.7 Å². The van der Waals surface area contributed by atoms with Gasteiger partial charge in [-0.25, -0.2) is 4.98 Å². The van der Waals surface area contributed by atoms with Crippen LogP contribution in [0.1, 0.15) is 16.1 Å². The minimum absolute atomic E-state index is 0.299. The number of carbonyl (C=O) groups is 1. The molecule has 0 saturated carbocycles. The van der Waals surface area contributed by atoms with Gasteiger partial charge >= 0.3 is 0 Å². The lowest BCUT2D eigenvalue weighted by atomic mass is 10.2. The molecule has 0 aromatic carbocycles. The zero-order valence-corrected chi connectivity index (χ0v) is 11.6. The fraction of sp³-hybridized carbons (Fsp3) is 0.250. The minimum Gasteiger partial charge on any atom is -0.373 e. The third-order valence-electron chi connectivity index (χ3n) is 2.60. The van der Waals surface area contributed by atoms with Crippen molar-refractivity contribution in [3.8, 4) is 0 Å². The highest BCUT2D eigenvalue weighted by atomic mass is 35.5. The molecule has 0 fully saturated rings. The lowest BCUT2D eigenvalue weighted by Gasteiger charge is -2.08. The average Bonchev–Trinajstić information content (AvgIpc) is 2.68. The molecular formula is C12H14ClN5O. The first-order valence-electron chi connectivity index (χ1n) is 5.66. The Bertz CT molecular complexity index is 623. The first-order valence-corrected chi connectivity index (χ1v) is 6.04. The summed E-state index contributed by atoms with van der Waals surface area (Å²) in [7, 11) is 3.48. The van der Waals surface area contributed by atoms with Crippen molar-refractivity contribution in [2.75, 3.05) is 17.7 Å². The van der Waals surface area contributed by atoms with Crippen LogP contribution in [0.3, 0.4) is 0 Å².